The van der Waals surface area contributed by atoms with Gasteiger partial charge >= 0.3 is 0 Å². The number of rotatable bonds is 4. The van der Waals surface area contributed by atoms with Crippen LogP contribution in [0.2, 0.25) is 5.02 Å². The minimum atomic E-state index is 0.502. The Hall–Kier alpha value is -1.59. The summed E-state index contributed by atoms with van der Waals surface area (Å²) in [6.45, 7) is 0.643. The third-order valence-corrected chi connectivity index (χ3v) is 4.71. The lowest BCUT2D eigenvalue weighted by Gasteiger charge is -2.24. The normalized spacial score (nSPS) is 15.3. The van der Waals surface area contributed by atoms with E-state index in [2.05, 4.69) is 15.7 Å². The van der Waals surface area contributed by atoms with Crippen LogP contribution in [0.1, 0.15) is 37.7 Å². The molecule has 0 aliphatic heterocycles. The van der Waals surface area contributed by atoms with Gasteiger partial charge in [-0.2, -0.15) is 5.10 Å². The van der Waals surface area contributed by atoms with E-state index in [4.69, 9.17) is 23.8 Å². The Balaban J connectivity index is 1.54. The van der Waals surface area contributed by atoms with Crippen molar-refractivity contribution < 1.29 is 0 Å². The van der Waals surface area contributed by atoms with Crippen molar-refractivity contribution in [1.29, 1.82) is 0 Å². The molecule has 122 valence electrons. The lowest BCUT2D eigenvalue weighted by molar-refractivity contribution is 0.415. The van der Waals surface area contributed by atoms with E-state index in [0.717, 1.165) is 16.3 Å². The van der Waals surface area contributed by atoms with Crippen LogP contribution >= 0.6 is 23.8 Å². The second-order valence-electron chi connectivity index (χ2n) is 5.95. The molecule has 1 saturated carbocycles. The van der Waals surface area contributed by atoms with Gasteiger partial charge in [0.05, 0.1) is 18.4 Å². The molecule has 1 aromatic heterocycles. The van der Waals surface area contributed by atoms with Crippen molar-refractivity contribution in [1.82, 2.24) is 15.1 Å². The highest BCUT2D eigenvalue weighted by Gasteiger charge is 2.14. The maximum absolute atomic E-state index is 6.19. The zero-order valence-electron chi connectivity index (χ0n) is 13.0. The van der Waals surface area contributed by atoms with Crippen molar-refractivity contribution in [2.24, 2.45) is 0 Å². The van der Waals surface area contributed by atoms with Crippen molar-refractivity contribution in [2.75, 3.05) is 5.32 Å². The highest BCUT2D eigenvalue weighted by atomic mass is 35.5. The Kier molecular flexibility index (Phi) is 5.51. The fourth-order valence-electron chi connectivity index (χ4n) is 2.92. The molecule has 0 radical (unpaired) electrons. The van der Waals surface area contributed by atoms with Crippen molar-refractivity contribution in [2.45, 2.75) is 44.7 Å². The van der Waals surface area contributed by atoms with E-state index in [-0.39, 0.29) is 0 Å². The Bertz CT molecular complexity index is 664. The first-order valence-corrected chi connectivity index (χ1v) is 8.83. The number of hydrogen-bond acceptors (Lipinski definition) is 2. The smallest absolute Gasteiger partial charge is 0.171 e. The summed E-state index contributed by atoms with van der Waals surface area (Å²) in [6.07, 6.45) is 10.0. The van der Waals surface area contributed by atoms with Gasteiger partial charge < -0.3 is 10.6 Å². The van der Waals surface area contributed by atoms with E-state index in [1.54, 1.807) is 6.20 Å². The van der Waals surface area contributed by atoms with Crippen LogP contribution < -0.4 is 10.6 Å². The minimum absolute atomic E-state index is 0.502. The Morgan fingerprint density at radius 3 is 2.83 bits per heavy atom. The third-order valence-electron chi connectivity index (χ3n) is 4.12. The van der Waals surface area contributed by atoms with Gasteiger partial charge in [-0.25, -0.2) is 0 Å². The predicted molar refractivity (Wildman–Crippen MR) is 99.0 cm³/mol. The minimum Gasteiger partial charge on any atom is -0.360 e. The number of aromatic nitrogens is 2. The van der Waals surface area contributed by atoms with Gasteiger partial charge in [-0.15, -0.1) is 0 Å². The first kappa shape index (κ1) is 16.3. The molecule has 2 aromatic rings. The summed E-state index contributed by atoms with van der Waals surface area (Å²) in [5.41, 5.74) is 1.94. The van der Waals surface area contributed by atoms with Crippen LogP contribution in [-0.2, 0) is 6.54 Å². The van der Waals surface area contributed by atoms with E-state index in [9.17, 15) is 0 Å². The molecule has 1 aliphatic carbocycles. The fourth-order valence-corrected chi connectivity index (χ4v) is 3.40. The number of anilines is 1. The SMILES string of the molecule is S=C(Nc1cnn(Cc2ccccc2Cl)c1)NC1CCCCC1. The van der Waals surface area contributed by atoms with Crippen LogP contribution in [0.4, 0.5) is 5.69 Å². The summed E-state index contributed by atoms with van der Waals surface area (Å²) < 4.78 is 1.85. The quantitative estimate of drug-likeness (QED) is 0.812. The van der Waals surface area contributed by atoms with Gasteiger partial charge in [0.2, 0.25) is 0 Å². The topological polar surface area (TPSA) is 41.9 Å². The maximum Gasteiger partial charge on any atom is 0.171 e. The summed E-state index contributed by atoms with van der Waals surface area (Å²) in [7, 11) is 0. The molecule has 0 atom stereocenters. The van der Waals surface area contributed by atoms with Crippen LogP contribution in [0.15, 0.2) is 36.7 Å². The second kappa shape index (κ2) is 7.79. The van der Waals surface area contributed by atoms with Crippen LogP contribution in [-0.4, -0.2) is 20.9 Å². The molecule has 0 unspecified atom stereocenters. The molecule has 1 aromatic carbocycles. The standard InChI is InChI=1S/C17H21ClN4S/c18-16-9-5-4-6-13(16)11-22-12-15(10-19-22)21-17(23)20-14-7-2-1-3-8-14/h4-6,9-10,12,14H,1-3,7-8,11H2,(H2,20,21,23). The van der Waals surface area contributed by atoms with Crippen LogP contribution in [0.3, 0.4) is 0 Å². The summed E-state index contributed by atoms with van der Waals surface area (Å²) >= 11 is 11.6. The molecule has 0 bridgehead atoms. The van der Waals surface area contributed by atoms with Crippen molar-refractivity contribution in [3.8, 4) is 0 Å². The summed E-state index contributed by atoms with van der Waals surface area (Å²) in [5.74, 6) is 0. The number of hydrogen-bond donors (Lipinski definition) is 2. The van der Waals surface area contributed by atoms with Gasteiger partial charge in [-0.3, -0.25) is 4.68 Å². The molecule has 3 rings (SSSR count). The molecule has 4 nitrogen and oxygen atoms in total. The molecule has 0 saturated heterocycles. The first-order chi connectivity index (χ1) is 11.2. The molecule has 1 fully saturated rings. The summed E-state index contributed by atoms with van der Waals surface area (Å²) in [4.78, 5) is 0. The second-order valence-corrected chi connectivity index (χ2v) is 6.77. The Morgan fingerprint density at radius 1 is 1.26 bits per heavy atom. The highest BCUT2D eigenvalue weighted by molar-refractivity contribution is 7.80. The number of thiocarbonyl (C=S) groups is 1. The maximum atomic E-state index is 6.19. The van der Waals surface area contributed by atoms with E-state index in [1.807, 2.05) is 35.1 Å². The summed E-state index contributed by atoms with van der Waals surface area (Å²) in [5, 5.41) is 12.4. The largest absolute Gasteiger partial charge is 0.360 e. The van der Waals surface area contributed by atoms with Gasteiger partial charge in [0.1, 0.15) is 0 Å². The fraction of sp³-hybridized carbons (Fsp3) is 0.412. The molecule has 6 heteroatoms. The first-order valence-electron chi connectivity index (χ1n) is 8.04. The Morgan fingerprint density at radius 2 is 2.04 bits per heavy atom. The molecule has 1 aliphatic rings. The number of benzene rings is 1. The van der Waals surface area contributed by atoms with Crippen molar-refractivity contribution in [3.05, 3.63) is 47.2 Å². The molecule has 2 N–H and O–H groups in total. The van der Waals surface area contributed by atoms with Crippen LogP contribution in [0, 0.1) is 0 Å². The predicted octanol–water partition coefficient (Wildman–Crippen LogP) is 4.20. The van der Waals surface area contributed by atoms with E-state index in [0.29, 0.717) is 17.7 Å². The monoisotopic (exact) mass is 348 g/mol. The number of nitrogens with zero attached hydrogens (tertiary/aromatic N) is 2. The summed E-state index contributed by atoms with van der Waals surface area (Å²) in [6, 6.07) is 8.31. The van der Waals surface area contributed by atoms with Gasteiger partial charge in [0.25, 0.3) is 0 Å². The van der Waals surface area contributed by atoms with Gasteiger partial charge in [-0.1, -0.05) is 49.1 Å². The van der Waals surface area contributed by atoms with Crippen molar-refractivity contribution >= 4 is 34.6 Å². The molecule has 0 spiro atoms. The molecule has 23 heavy (non-hydrogen) atoms. The van der Waals surface area contributed by atoms with E-state index < -0.39 is 0 Å². The zero-order valence-corrected chi connectivity index (χ0v) is 14.5. The van der Waals surface area contributed by atoms with Gasteiger partial charge in [0.15, 0.2) is 5.11 Å². The Labute approximate surface area is 147 Å². The van der Waals surface area contributed by atoms with E-state index in [1.165, 1.54) is 32.1 Å². The van der Waals surface area contributed by atoms with Crippen LogP contribution in [0.5, 0.6) is 0 Å². The highest BCUT2D eigenvalue weighted by Crippen LogP contribution is 2.18. The molecular formula is C17H21ClN4S. The molecule has 0 amide bonds. The molecular weight excluding hydrogens is 328 g/mol. The number of nitrogens with one attached hydrogen (secondary N) is 2. The average Bonchev–Trinajstić information content (AvgIpc) is 2.97. The average molecular weight is 349 g/mol. The lowest BCUT2D eigenvalue weighted by Crippen LogP contribution is -2.38. The van der Waals surface area contributed by atoms with Crippen LogP contribution in [0.25, 0.3) is 0 Å². The third kappa shape index (κ3) is 4.69. The van der Waals surface area contributed by atoms with E-state index >= 15 is 0 Å². The molecule has 1 heterocycles. The lowest BCUT2D eigenvalue weighted by atomic mass is 9.96. The number of halogens is 1. The van der Waals surface area contributed by atoms with Gasteiger partial charge in [-0.05, 0) is 36.7 Å². The van der Waals surface area contributed by atoms with Gasteiger partial charge in [0, 0.05) is 17.3 Å². The zero-order chi connectivity index (χ0) is 16.1. The van der Waals surface area contributed by atoms with Crippen molar-refractivity contribution in [3.63, 3.8) is 0 Å².